The third kappa shape index (κ3) is 3.08. The van der Waals surface area contributed by atoms with Gasteiger partial charge < -0.3 is 5.11 Å². The summed E-state index contributed by atoms with van der Waals surface area (Å²) in [6, 6.07) is 16.2. The number of nitrogens with zero attached hydrogens (tertiary/aromatic N) is 2. The van der Waals surface area contributed by atoms with Crippen molar-refractivity contribution in [1.29, 1.82) is 0 Å². The van der Waals surface area contributed by atoms with Crippen molar-refractivity contribution in [3.05, 3.63) is 87.5 Å². The molecule has 1 N–H and O–H groups in total. The van der Waals surface area contributed by atoms with Crippen LogP contribution in [0.25, 0.3) is 10.9 Å². The molecule has 26 heavy (non-hydrogen) atoms. The number of phenolic OH excluding ortho intramolecular Hbond substituents is 1. The molecule has 4 heteroatoms. The minimum atomic E-state index is 0.0524. The lowest BCUT2D eigenvalue weighted by Gasteiger charge is -2.19. The van der Waals surface area contributed by atoms with E-state index in [2.05, 4.69) is 28.3 Å². The molecule has 3 aromatic heterocycles. The number of hydrogen-bond donors (Lipinski definition) is 1. The van der Waals surface area contributed by atoms with Crippen molar-refractivity contribution in [3.8, 4) is 5.75 Å². The second kappa shape index (κ2) is 6.89. The van der Waals surface area contributed by atoms with E-state index in [0.29, 0.717) is 5.52 Å². The highest BCUT2D eigenvalue weighted by Gasteiger charge is 2.23. The van der Waals surface area contributed by atoms with Gasteiger partial charge in [-0.2, -0.15) is 0 Å². The van der Waals surface area contributed by atoms with Crippen molar-refractivity contribution in [2.75, 3.05) is 0 Å². The van der Waals surface area contributed by atoms with E-state index in [9.17, 15) is 5.11 Å². The molecule has 1 unspecified atom stereocenters. The number of hydrogen-bond acceptors (Lipinski definition) is 4. The molecule has 0 radical (unpaired) electrons. The van der Waals surface area contributed by atoms with Gasteiger partial charge in [0.15, 0.2) is 0 Å². The number of phenols is 1. The van der Waals surface area contributed by atoms with E-state index in [1.807, 2.05) is 55.6 Å². The maximum Gasteiger partial charge on any atom is 0.145 e. The number of pyridine rings is 2. The van der Waals surface area contributed by atoms with E-state index in [1.165, 1.54) is 10.4 Å². The van der Waals surface area contributed by atoms with Crippen LogP contribution in [0.5, 0.6) is 5.75 Å². The van der Waals surface area contributed by atoms with Crippen molar-refractivity contribution >= 4 is 22.2 Å². The summed E-state index contributed by atoms with van der Waals surface area (Å²) in [5.74, 6) is 0.330. The predicted octanol–water partition coefficient (Wildman–Crippen LogP) is 5.39. The maximum atomic E-state index is 11.0. The van der Waals surface area contributed by atoms with Crippen LogP contribution in [-0.4, -0.2) is 15.1 Å². The van der Waals surface area contributed by atoms with Gasteiger partial charge in [-0.15, -0.1) is 11.3 Å². The first-order chi connectivity index (χ1) is 12.6. The van der Waals surface area contributed by atoms with Gasteiger partial charge in [-0.3, -0.25) is 4.98 Å². The van der Waals surface area contributed by atoms with Crippen LogP contribution in [0.15, 0.2) is 60.1 Å². The molecule has 0 aliphatic rings. The summed E-state index contributed by atoms with van der Waals surface area (Å²) in [5.41, 5.74) is 4.74. The lowest BCUT2D eigenvalue weighted by molar-refractivity contribution is 0.469. The third-order valence-corrected chi connectivity index (χ3v) is 5.87. The number of thiophene rings is 1. The number of aryl methyl sites for hydroxylation is 2. The van der Waals surface area contributed by atoms with Crippen LogP contribution in [-0.2, 0) is 6.42 Å². The summed E-state index contributed by atoms with van der Waals surface area (Å²) < 4.78 is 0. The van der Waals surface area contributed by atoms with E-state index in [1.54, 1.807) is 11.3 Å². The summed E-state index contributed by atoms with van der Waals surface area (Å²) >= 11 is 1.73. The topological polar surface area (TPSA) is 46.0 Å². The van der Waals surface area contributed by atoms with Crippen molar-refractivity contribution in [3.63, 3.8) is 0 Å². The molecule has 0 saturated heterocycles. The summed E-state index contributed by atoms with van der Waals surface area (Å²) in [5, 5.41) is 14.1. The highest BCUT2D eigenvalue weighted by Crippen LogP contribution is 2.40. The van der Waals surface area contributed by atoms with E-state index in [0.717, 1.165) is 28.8 Å². The first kappa shape index (κ1) is 16.7. The minimum absolute atomic E-state index is 0.0524. The molecule has 0 aliphatic heterocycles. The summed E-state index contributed by atoms with van der Waals surface area (Å²) in [6.45, 7) is 4.07. The molecule has 0 aliphatic carbocycles. The zero-order valence-corrected chi connectivity index (χ0v) is 15.6. The van der Waals surface area contributed by atoms with Crippen LogP contribution in [0.4, 0.5) is 0 Å². The van der Waals surface area contributed by atoms with Gasteiger partial charge in [0.05, 0.1) is 0 Å². The summed E-state index contributed by atoms with van der Waals surface area (Å²) in [4.78, 5) is 10.3. The highest BCUT2D eigenvalue weighted by molar-refractivity contribution is 7.10. The first-order valence-corrected chi connectivity index (χ1v) is 9.54. The van der Waals surface area contributed by atoms with Gasteiger partial charge in [0.1, 0.15) is 11.3 Å². The Morgan fingerprint density at radius 2 is 1.88 bits per heavy atom. The molecule has 4 rings (SSSR count). The number of rotatable bonds is 4. The average Bonchev–Trinajstić information content (AvgIpc) is 3.08. The quantitative estimate of drug-likeness (QED) is 0.531. The largest absolute Gasteiger partial charge is 0.505 e. The summed E-state index contributed by atoms with van der Waals surface area (Å²) in [6.07, 6.45) is 2.56. The molecule has 3 nitrogen and oxygen atoms in total. The molecule has 0 bridgehead atoms. The molecule has 0 amide bonds. The number of fused-ring (bicyclic) bond motifs is 1. The molecule has 3 heterocycles. The molecular formula is C22H20N2OS. The minimum Gasteiger partial charge on any atom is -0.505 e. The van der Waals surface area contributed by atoms with Crippen LogP contribution >= 0.6 is 11.3 Å². The van der Waals surface area contributed by atoms with Crippen molar-refractivity contribution in [2.45, 2.75) is 26.2 Å². The second-order valence-electron chi connectivity index (χ2n) is 6.57. The van der Waals surface area contributed by atoms with Gasteiger partial charge in [-0.25, -0.2) is 4.98 Å². The SMILES string of the molecule is Cc1ccc2ccc(C(Cc3ccccn3)c3sccc3C)c(O)c2n1. The van der Waals surface area contributed by atoms with Crippen molar-refractivity contribution in [2.24, 2.45) is 0 Å². The van der Waals surface area contributed by atoms with Gasteiger partial charge in [0, 0.05) is 45.8 Å². The first-order valence-electron chi connectivity index (χ1n) is 8.66. The second-order valence-corrected chi connectivity index (χ2v) is 7.52. The van der Waals surface area contributed by atoms with Gasteiger partial charge >= 0.3 is 0 Å². The van der Waals surface area contributed by atoms with Gasteiger partial charge in [0.2, 0.25) is 0 Å². The van der Waals surface area contributed by atoms with Crippen LogP contribution in [0, 0.1) is 13.8 Å². The Kier molecular flexibility index (Phi) is 4.43. The van der Waals surface area contributed by atoms with Crippen molar-refractivity contribution < 1.29 is 5.11 Å². The van der Waals surface area contributed by atoms with Crippen LogP contribution in [0.3, 0.4) is 0 Å². The molecule has 0 fully saturated rings. The van der Waals surface area contributed by atoms with Gasteiger partial charge in [0.25, 0.3) is 0 Å². The van der Waals surface area contributed by atoms with Crippen LogP contribution < -0.4 is 0 Å². The number of aromatic nitrogens is 2. The average molecular weight is 360 g/mol. The Labute approximate surface area is 157 Å². The van der Waals surface area contributed by atoms with Gasteiger partial charge in [-0.1, -0.05) is 24.3 Å². The summed E-state index contributed by atoms with van der Waals surface area (Å²) in [7, 11) is 0. The third-order valence-electron chi connectivity index (χ3n) is 4.74. The fraction of sp³-hybridized carbons (Fsp3) is 0.182. The lowest BCUT2D eigenvalue weighted by Crippen LogP contribution is -2.07. The van der Waals surface area contributed by atoms with E-state index in [4.69, 9.17) is 0 Å². The van der Waals surface area contributed by atoms with Crippen LogP contribution in [0.1, 0.15) is 33.3 Å². The Hall–Kier alpha value is -2.72. The predicted molar refractivity (Wildman–Crippen MR) is 107 cm³/mol. The van der Waals surface area contributed by atoms with E-state index in [-0.39, 0.29) is 11.7 Å². The molecule has 130 valence electrons. The Morgan fingerprint density at radius 1 is 1.04 bits per heavy atom. The molecule has 0 saturated carbocycles. The fourth-order valence-electron chi connectivity index (χ4n) is 3.38. The van der Waals surface area contributed by atoms with E-state index < -0.39 is 0 Å². The maximum absolute atomic E-state index is 11.0. The molecule has 0 spiro atoms. The van der Waals surface area contributed by atoms with Crippen molar-refractivity contribution in [1.82, 2.24) is 9.97 Å². The Bertz CT molecular complexity index is 1060. The zero-order chi connectivity index (χ0) is 18.1. The highest BCUT2D eigenvalue weighted by atomic mass is 32.1. The van der Waals surface area contributed by atoms with Crippen LogP contribution in [0.2, 0.25) is 0 Å². The molecule has 4 aromatic rings. The normalized spacial score (nSPS) is 12.4. The smallest absolute Gasteiger partial charge is 0.145 e. The molecule has 1 atom stereocenters. The fourth-order valence-corrected chi connectivity index (χ4v) is 4.43. The number of benzene rings is 1. The van der Waals surface area contributed by atoms with E-state index >= 15 is 0 Å². The molecule has 1 aromatic carbocycles. The molecular weight excluding hydrogens is 340 g/mol. The standard InChI is InChI=1S/C22H20N2OS/c1-14-10-12-26-22(14)19(13-17-5-3-4-11-23-17)18-9-8-16-7-6-15(2)24-20(16)21(18)25/h3-12,19,25H,13H2,1-2H3. The number of aromatic hydroxyl groups is 1. The monoisotopic (exact) mass is 360 g/mol. The van der Waals surface area contributed by atoms with Gasteiger partial charge in [-0.05, 0) is 49.1 Å². The Balaban J connectivity index is 1.87. The zero-order valence-electron chi connectivity index (χ0n) is 14.8. The lowest BCUT2D eigenvalue weighted by atomic mass is 9.89. The Morgan fingerprint density at radius 3 is 2.62 bits per heavy atom.